The van der Waals surface area contributed by atoms with Crippen molar-refractivity contribution in [2.45, 2.75) is 39.5 Å². The smallest absolute Gasteiger partial charge is 0.335 e. The molecule has 0 saturated carbocycles. The molecule has 0 spiro atoms. The molecule has 1 aliphatic heterocycles. The number of halogens is 2. The molecular weight excluding hydrogens is 480 g/mol. The molecule has 3 aromatic rings. The fourth-order valence-electron chi connectivity index (χ4n) is 5.83. The van der Waals surface area contributed by atoms with Gasteiger partial charge in [-0.3, -0.25) is 9.29 Å². The third-order valence-corrected chi connectivity index (χ3v) is 7.74. The minimum absolute atomic E-state index is 0.217. The second kappa shape index (κ2) is 11.0. The first-order valence-electron chi connectivity index (χ1n) is 13.3. The van der Waals surface area contributed by atoms with E-state index in [0.29, 0.717) is 12.0 Å². The minimum atomic E-state index is -0.934. The molecule has 38 heavy (non-hydrogen) atoms. The highest BCUT2D eigenvalue weighted by Gasteiger charge is 2.24. The van der Waals surface area contributed by atoms with Gasteiger partial charge in [-0.1, -0.05) is 42.5 Å². The zero-order valence-electron chi connectivity index (χ0n) is 22.0. The summed E-state index contributed by atoms with van der Waals surface area (Å²) in [7, 11) is 0. The van der Waals surface area contributed by atoms with Crippen LogP contribution in [0.2, 0.25) is 0 Å². The van der Waals surface area contributed by atoms with E-state index in [2.05, 4.69) is 35.2 Å². The lowest BCUT2D eigenvalue weighted by atomic mass is 9.84. The van der Waals surface area contributed by atoms with E-state index in [9.17, 15) is 18.7 Å². The summed E-state index contributed by atoms with van der Waals surface area (Å²) in [5, 5.41) is 9.58. The van der Waals surface area contributed by atoms with Gasteiger partial charge in [0.15, 0.2) is 0 Å². The summed E-state index contributed by atoms with van der Waals surface area (Å²) in [6.07, 6.45) is 5.18. The van der Waals surface area contributed by atoms with E-state index in [1.165, 1.54) is 11.6 Å². The molecule has 2 aliphatic rings. The van der Waals surface area contributed by atoms with Crippen molar-refractivity contribution in [1.29, 1.82) is 0 Å². The Morgan fingerprint density at radius 2 is 1.79 bits per heavy atom. The summed E-state index contributed by atoms with van der Waals surface area (Å²) in [5.74, 6) is -1.15. The maximum Gasteiger partial charge on any atom is 0.335 e. The molecule has 0 unspecified atom stereocenters. The second-order valence-corrected chi connectivity index (χ2v) is 10.4. The van der Waals surface area contributed by atoms with Crippen molar-refractivity contribution in [3.05, 3.63) is 110 Å². The molecule has 1 saturated heterocycles. The Labute approximate surface area is 223 Å². The van der Waals surface area contributed by atoms with E-state index < -0.39 is 5.97 Å². The average Bonchev–Trinajstić information content (AvgIpc) is 3.07. The highest BCUT2D eigenvalue weighted by molar-refractivity contribution is 6.01. The van der Waals surface area contributed by atoms with Crippen LogP contribution in [0.25, 0.3) is 17.2 Å². The Balaban J connectivity index is 1.59. The maximum atomic E-state index is 14.8. The molecule has 0 atom stereocenters. The Hall–Kier alpha value is -3.57. The van der Waals surface area contributed by atoms with Crippen LogP contribution in [0.15, 0.2) is 60.2 Å². The summed E-state index contributed by atoms with van der Waals surface area (Å²) in [5.41, 5.74) is 10.6. The number of fused-ring (bicyclic) bond motifs is 1. The van der Waals surface area contributed by atoms with Gasteiger partial charge >= 0.3 is 5.97 Å². The summed E-state index contributed by atoms with van der Waals surface area (Å²) in [6.45, 7) is 6.15. The first kappa shape index (κ1) is 26.1. The molecule has 5 heteroatoms. The van der Waals surface area contributed by atoms with Gasteiger partial charge in [-0.2, -0.15) is 0 Å². The molecule has 5 rings (SSSR count). The molecule has 0 aromatic heterocycles. The van der Waals surface area contributed by atoms with Crippen LogP contribution >= 0.6 is 0 Å². The third-order valence-electron chi connectivity index (χ3n) is 7.74. The van der Waals surface area contributed by atoms with Gasteiger partial charge in [-0.05, 0) is 113 Å². The number of benzene rings is 3. The van der Waals surface area contributed by atoms with Gasteiger partial charge in [0.05, 0.1) is 12.2 Å². The second-order valence-electron chi connectivity index (χ2n) is 10.4. The molecule has 3 nitrogen and oxygen atoms in total. The predicted octanol–water partition coefficient (Wildman–Crippen LogP) is 7.49. The van der Waals surface area contributed by atoms with Crippen molar-refractivity contribution >= 4 is 23.2 Å². The summed E-state index contributed by atoms with van der Waals surface area (Å²) in [6, 6.07) is 17.2. The van der Waals surface area contributed by atoms with Crippen molar-refractivity contribution in [3.8, 4) is 0 Å². The van der Waals surface area contributed by atoms with Crippen LogP contribution in [-0.4, -0.2) is 42.3 Å². The predicted molar refractivity (Wildman–Crippen MR) is 150 cm³/mol. The molecule has 1 aliphatic carbocycles. The van der Waals surface area contributed by atoms with Crippen LogP contribution in [0, 0.1) is 19.7 Å². The van der Waals surface area contributed by atoms with Gasteiger partial charge < -0.3 is 5.11 Å². The third kappa shape index (κ3) is 5.21. The molecule has 1 fully saturated rings. The van der Waals surface area contributed by atoms with E-state index in [-0.39, 0.29) is 18.1 Å². The van der Waals surface area contributed by atoms with Gasteiger partial charge in [0, 0.05) is 19.6 Å². The maximum absolute atomic E-state index is 14.8. The number of carboxylic acid groups (broad SMARTS) is 1. The lowest BCUT2D eigenvalue weighted by molar-refractivity contribution is 0.0696. The zero-order valence-corrected chi connectivity index (χ0v) is 22.0. The SMILES string of the molecule is Cc1ccc(F)c(C)c1C1=C(c2ccc(C=C3CN(CCCF)C3)cc2)c2ccc(C(=O)O)cc2CCC1. The molecule has 0 bridgehead atoms. The number of likely N-dealkylation sites (tertiary alicyclic amines) is 1. The van der Waals surface area contributed by atoms with Crippen molar-refractivity contribution in [1.82, 2.24) is 4.90 Å². The Kier molecular flexibility index (Phi) is 7.57. The summed E-state index contributed by atoms with van der Waals surface area (Å²) < 4.78 is 27.2. The van der Waals surface area contributed by atoms with E-state index in [0.717, 1.165) is 83.4 Å². The van der Waals surface area contributed by atoms with E-state index in [1.54, 1.807) is 12.1 Å². The number of alkyl halides is 1. The number of allylic oxidation sites excluding steroid dienone is 1. The topological polar surface area (TPSA) is 40.5 Å². The van der Waals surface area contributed by atoms with Crippen molar-refractivity contribution in [3.63, 3.8) is 0 Å². The number of nitrogens with zero attached hydrogens (tertiary/aromatic N) is 1. The summed E-state index contributed by atoms with van der Waals surface area (Å²) >= 11 is 0. The van der Waals surface area contributed by atoms with Crippen LogP contribution in [0.1, 0.15) is 68.6 Å². The fourth-order valence-corrected chi connectivity index (χ4v) is 5.83. The average molecular weight is 514 g/mol. The number of hydrogen-bond donors (Lipinski definition) is 1. The van der Waals surface area contributed by atoms with Gasteiger partial charge in [0.2, 0.25) is 0 Å². The van der Waals surface area contributed by atoms with Gasteiger partial charge in [0.25, 0.3) is 0 Å². The lowest BCUT2D eigenvalue weighted by Crippen LogP contribution is -2.40. The standard InChI is InChI=1S/C33H33F2NO2/c1-21-7-14-30(35)22(2)31(21)29-6-3-5-26-18-27(33(37)38)12-13-28(26)32(29)25-10-8-23(9-11-25)17-24-19-36(20-24)16-4-15-34/h7-14,17-18H,3-6,15-16,19-20H2,1-2H3,(H,37,38). The van der Waals surface area contributed by atoms with E-state index in [1.807, 2.05) is 26.0 Å². The molecule has 1 N–H and O–H groups in total. The van der Waals surface area contributed by atoms with Crippen LogP contribution in [0.5, 0.6) is 0 Å². The first-order valence-corrected chi connectivity index (χ1v) is 13.3. The zero-order chi connectivity index (χ0) is 26.8. The summed E-state index contributed by atoms with van der Waals surface area (Å²) in [4.78, 5) is 13.9. The van der Waals surface area contributed by atoms with Crippen molar-refractivity contribution < 1.29 is 18.7 Å². The Morgan fingerprint density at radius 1 is 1.03 bits per heavy atom. The highest BCUT2D eigenvalue weighted by Crippen LogP contribution is 2.42. The molecular formula is C33H33F2NO2. The fraction of sp³-hybridized carbons (Fsp3) is 0.303. The normalized spacial score (nSPS) is 15.6. The highest BCUT2D eigenvalue weighted by atomic mass is 19.1. The molecule has 0 radical (unpaired) electrons. The Morgan fingerprint density at radius 3 is 2.50 bits per heavy atom. The van der Waals surface area contributed by atoms with Gasteiger partial charge in [0.1, 0.15) is 5.82 Å². The van der Waals surface area contributed by atoms with Gasteiger partial charge in [-0.25, -0.2) is 9.18 Å². The van der Waals surface area contributed by atoms with Crippen LogP contribution in [-0.2, 0) is 6.42 Å². The number of hydrogen-bond acceptors (Lipinski definition) is 2. The molecule has 196 valence electrons. The number of rotatable bonds is 7. The minimum Gasteiger partial charge on any atom is -0.478 e. The first-order chi connectivity index (χ1) is 18.4. The van der Waals surface area contributed by atoms with Crippen LogP contribution in [0.3, 0.4) is 0 Å². The number of aryl methyl sites for hydroxylation is 2. The van der Waals surface area contributed by atoms with E-state index >= 15 is 0 Å². The lowest BCUT2D eigenvalue weighted by Gasteiger charge is -2.33. The largest absolute Gasteiger partial charge is 0.478 e. The van der Waals surface area contributed by atoms with Crippen molar-refractivity contribution in [2.24, 2.45) is 0 Å². The molecule has 1 heterocycles. The number of carbonyl (C=O) groups is 1. The van der Waals surface area contributed by atoms with Gasteiger partial charge in [-0.15, -0.1) is 0 Å². The monoisotopic (exact) mass is 513 g/mol. The van der Waals surface area contributed by atoms with Crippen LogP contribution < -0.4 is 0 Å². The van der Waals surface area contributed by atoms with Crippen LogP contribution in [0.4, 0.5) is 8.78 Å². The Bertz CT molecular complexity index is 1430. The van der Waals surface area contributed by atoms with Crippen molar-refractivity contribution in [2.75, 3.05) is 26.3 Å². The van der Waals surface area contributed by atoms with E-state index in [4.69, 9.17) is 0 Å². The molecule has 3 aromatic carbocycles. The number of carboxylic acids is 1. The number of aromatic carboxylic acids is 1. The molecule has 0 amide bonds. The quantitative estimate of drug-likeness (QED) is 0.356.